The highest BCUT2D eigenvalue weighted by Crippen LogP contribution is 2.67. The number of carbonyl (C=O) groups excluding carboxylic acids is 5. The maximum Gasteiger partial charge on any atom is 0.514 e. The van der Waals surface area contributed by atoms with Crippen LogP contribution in [0, 0.1) is 59.1 Å². The summed E-state index contributed by atoms with van der Waals surface area (Å²) < 4.78 is 38.2. The quantitative estimate of drug-likeness (QED) is 0.00874. The third kappa shape index (κ3) is 18.8. The molecule has 10 atom stereocenters. The number of amides is 4. The van der Waals surface area contributed by atoms with E-state index in [1.165, 1.54) is 57.4 Å². The monoisotopic (exact) mass is 1350 g/mol. The van der Waals surface area contributed by atoms with Crippen molar-refractivity contribution in [2.24, 2.45) is 46.3 Å². The van der Waals surface area contributed by atoms with Crippen molar-refractivity contribution >= 4 is 35.5 Å². The van der Waals surface area contributed by atoms with Gasteiger partial charge in [0.15, 0.2) is 0 Å². The van der Waals surface area contributed by atoms with Crippen LogP contribution in [0.1, 0.15) is 177 Å². The SMILES string of the molecule is COc1ccc(C(NCCCC[C@H](NC(=O)[C@H](Cc2ccccc2F)NC(=O)CCC(=O)NCCCO[C@H]2CC[C@@]3(C)C(=CC[C@H]4[C@@H]5CC[C@H]([C@H](C)CCCC(C)C)[C@@]5(C)CC[C@@H]43)C2)C(=O)Nc2ccc(COC(=O)Oc3ccc(C)cc3)cc2)(c2ccccc2)c2ccccc2)cc1. The zero-order valence-electron chi connectivity index (χ0n) is 59.4. The van der Waals surface area contributed by atoms with Crippen molar-refractivity contribution in [2.75, 3.05) is 32.1 Å². The fourth-order valence-corrected chi connectivity index (χ4v) is 17.1. The summed E-state index contributed by atoms with van der Waals surface area (Å²) in [7, 11) is 1.64. The summed E-state index contributed by atoms with van der Waals surface area (Å²) in [6.45, 7) is 15.7. The number of methoxy groups -OCH3 is 1. The van der Waals surface area contributed by atoms with Gasteiger partial charge in [0, 0.05) is 38.1 Å². The Morgan fingerprint density at radius 2 is 1.31 bits per heavy atom. The van der Waals surface area contributed by atoms with Crippen molar-refractivity contribution < 1.29 is 47.3 Å². The molecule has 4 aliphatic rings. The molecule has 0 saturated heterocycles. The Bertz CT molecular complexity index is 3600. The van der Waals surface area contributed by atoms with Gasteiger partial charge in [0.05, 0.1) is 18.8 Å². The number of ether oxygens (including phenoxy) is 4. The molecule has 0 aromatic heterocycles. The molecule has 4 aliphatic carbocycles. The Kier molecular flexibility index (Phi) is 25.8. The second kappa shape index (κ2) is 34.8. The highest BCUT2D eigenvalue weighted by molar-refractivity contribution is 5.98. The molecular formula is C84H106FN5O9. The molecule has 5 N–H and O–H groups in total. The number of carbonyl (C=O) groups is 5. The fraction of sp³-hybridized carbons (Fsp3) is 0.488. The van der Waals surface area contributed by atoms with Gasteiger partial charge >= 0.3 is 6.16 Å². The molecule has 528 valence electrons. The smallest absolute Gasteiger partial charge is 0.497 e. The topological polar surface area (TPSA) is 182 Å². The number of anilines is 1. The second-order valence-corrected chi connectivity index (χ2v) is 29.5. The summed E-state index contributed by atoms with van der Waals surface area (Å²) >= 11 is 0. The van der Waals surface area contributed by atoms with Crippen molar-refractivity contribution in [2.45, 2.75) is 187 Å². The van der Waals surface area contributed by atoms with Gasteiger partial charge in [0.2, 0.25) is 23.6 Å². The van der Waals surface area contributed by atoms with Gasteiger partial charge in [0.25, 0.3) is 0 Å². The highest BCUT2D eigenvalue weighted by atomic mass is 19.1. The number of nitrogens with one attached hydrogen (secondary N) is 5. The molecule has 4 amide bonds. The summed E-state index contributed by atoms with van der Waals surface area (Å²) in [6.07, 6.45) is 17.1. The predicted molar refractivity (Wildman–Crippen MR) is 388 cm³/mol. The van der Waals surface area contributed by atoms with E-state index in [2.05, 4.69) is 104 Å². The predicted octanol–water partition coefficient (Wildman–Crippen LogP) is 16.5. The Labute approximate surface area is 587 Å². The molecular weight excluding hydrogens is 1240 g/mol. The molecule has 15 heteroatoms. The fourth-order valence-electron chi connectivity index (χ4n) is 17.1. The lowest BCUT2D eigenvalue weighted by Crippen LogP contribution is -2.53. The number of aryl methyl sites for hydroxylation is 1. The van der Waals surface area contributed by atoms with E-state index >= 15 is 4.39 Å². The molecule has 0 heterocycles. The normalized spacial score (nSPS) is 21.9. The molecule has 0 aliphatic heterocycles. The van der Waals surface area contributed by atoms with Gasteiger partial charge in [-0.1, -0.05) is 186 Å². The summed E-state index contributed by atoms with van der Waals surface area (Å²) in [5.41, 5.74) is 6.81. The lowest BCUT2D eigenvalue weighted by molar-refractivity contribution is -0.131. The lowest BCUT2D eigenvalue weighted by atomic mass is 9.47. The number of unbranched alkanes of at least 4 members (excludes halogenated alkanes) is 1. The molecule has 3 saturated carbocycles. The highest BCUT2D eigenvalue weighted by Gasteiger charge is 2.59. The number of allylic oxidation sites excluding steroid dienone is 1. The van der Waals surface area contributed by atoms with Gasteiger partial charge in [0.1, 0.15) is 36.0 Å². The van der Waals surface area contributed by atoms with Crippen LogP contribution in [-0.4, -0.2) is 74.8 Å². The Hall–Kier alpha value is -8.14. The zero-order valence-corrected chi connectivity index (χ0v) is 59.4. The van der Waals surface area contributed by atoms with E-state index in [9.17, 15) is 24.0 Å². The molecule has 0 radical (unpaired) electrons. The van der Waals surface area contributed by atoms with E-state index in [0.717, 1.165) is 82.8 Å². The number of rotatable bonds is 33. The van der Waals surface area contributed by atoms with E-state index in [1.807, 2.05) is 67.6 Å². The largest absolute Gasteiger partial charge is 0.514 e. The minimum absolute atomic E-state index is 0.0896. The third-order valence-electron chi connectivity index (χ3n) is 22.5. The van der Waals surface area contributed by atoms with Crippen molar-refractivity contribution in [3.05, 3.63) is 209 Å². The lowest BCUT2D eigenvalue weighted by Gasteiger charge is -2.58. The summed E-state index contributed by atoms with van der Waals surface area (Å²) in [4.78, 5) is 69.0. The molecule has 3 fully saturated rings. The maximum atomic E-state index is 15.5. The number of hydrogen-bond donors (Lipinski definition) is 5. The van der Waals surface area contributed by atoms with Crippen LogP contribution in [0.4, 0.5) is 14.9 Å². The number of halogens is 1. The molecule has 99 heavy (non-hydrogen) atoms. The minimum Gasteiger partial charge on any atom is -0.497 e. The van der Waals surface area contributed by atoms with Crippen molar-refractivity contribution in [1.82, 2.24) is 21.3 Å². The van der Waals surface area contributed by atoms with Gasteiger partial charge in [-0.3, -0.25) is 24.5 Å². The summed E-state index contributed by atoms with van der Waals surface area (Å²) in [6, 6.07) is 45.7. The Balaban J connectivity index is 0.741. The van der Waals surface area contributed by atoms with Gasteiger partial charge in [-0.15, -0.1) is 0 Å². The first kappa shape index (κ1) is 73.6. The van der Waals surface area contributed by atoms with E-state index in [0.29, 0.717) is 61.4 Å². The maximum absolute atomic E-state index is 15.5. The molecule has 6 aromatic rings. The van der Waals surface area contributed by atoms with Crippen LogP contribution in [0.15, 0.2) is 169 Å². The first-order valence-electron chi connectivity index (χ1n) is 36.6. The van der Waals surface area contributed by atoms with E-state index in [4.69, 9.17) is 18.9 Å². The van der Waals surface area contributed by atoms with Gasteiger partial charge in [-0.2, -0.15) is 0 Å². The first-order chi connectivity index (χ1) is 47.8. The van der Waals surface area contributed by atoms with Crippen molar-refractivity contribution in [3.63, 3.8) is 0 Å². The van der Waals surface area contributed by atoms with Gasteiger partial charge in [-0.05, 0) is 207 Å². The second-order valence-electron chi connectivity index (χ2n) is 29.5. The molecule has 10 rings (SSSR count). The minimum atomic E-state index is -1.31. The number of hydrogen-bond acceptors (Lipinski definition) is 10. The average molecular weight is 1350 g/mol. The van der Waals surface area contributed by atoms with Crippen LogP contribution in [0.25, 0.3) is 0 Å². The Morgan fingerprint density at radius 3 is 2.01 bits per heavy atom. The van der Waals surface area contributed by atoms with Crippen LogP contribution >= 0.6 is 0 Å². The zero-order chi connectivity index (χ0) is 69.9. The van der Waals surface area contributed by atoms with E-state index in [-0.39, 0.29) is 55.3 Å². The van der Waals surface area contributed by atoms with E-state index in [1.54, 1.807) is 67.3 Å². The van der Waals surface area contributed by atoms with Crippen LogP contribution in [0.2, 0.25) is 0 Å². The molecule has 0 bridgehead atoms. The first-order valence-corrected chi connectivity index (χ1v) is 36.6. The third-order valence-corrected chi connectivity index (χ3v) is 22.5. The number of benzene rings is 6. The van der Waals surface area contributed by atoms with Crippen molar-refractivity contribution in [1.29, 1.82) is 0 Å². The van der Waals surface area contributed by atoms with Crippen molar-refractivity contribution in [3.8, 4) is 11.5 Å². The molecule has 0 unspecified atom stereocenters. The number of fused-ring (bicyclic) bond motifs is 5. The standard InChI is InChI=1S/C84H106FN5O9/c1-57(2)20-18-21-59(4)71-43-44-72-70-42-35-65-55-69(47-49-82(65,5)73(70)48-50-83(71,72)6)97-53-19-51-86-77(91)45-46-78(92)89-76(54-61-22-14-15-27-74(61)85)80(94)90-75(79(93)88-66-36-31-60(32-37-66)56-98-81(95)99-68-38-29-58(3)30-39-68)28-16-17-52-87-84(62-23-10-8-11-24-62,63-25-12-9-13-26-63)64-33-40-67(96-7)41-34-64/h8-15,22-27,29-41,57,59,69-73,75-76,87H,16-21,28,42-56H2,1-7H3,(H,86,91)(H,88,93)(H,89,92)(H,90,94)/t59-,69+,70+,71-,72+,73+,75+,76+,82+,83-/m1/s1. The average Bonchev–Trinajstić information content (AvgIpc) is 1.69. The molecule has 0 spiro atoms. The van der Waals surface area contributed by atoms with Crippen LogP contribution in [-0.2, 0) is 47.2 Å². The van der Waals surface area contributed by atoms with Crippen LogP contribution in [0.5, 0.6) is 11.5 Å². The Morgan fingerprint density at radius 1 is 0.636 bits per heavy atom. The van der Waals surface area contributed by atoms with Crippen LogP contribution < -0.4 is 36.1 Å². The molecule has 6 aromatic carbocycles. The van der Waals surface area contributed by atoms with Gasteiger partial charge < -0.3 is 40.2 Å². The molecule has 14 nitrogen and oxygen atoms in total. The summed E-state index contributed by atoms with van der Waals surface area (Å²) in [5.74, 6) is 3.20. The summed E-state index contributed by atoms with van der Waals surface area (Å²) in [5, 5.41) is 15.5. The van der Waals surface area contributed by atoms with Gasteiger partial charge in [-0.25, -0.2) is 9.18 Å². The van der Waals surface area contributed by atoms with Crippen LogP contribution in [0.3, 0.4) is 0 Å². The van der Waals surface area contributed by atoms with E-state index < -0.39 is 47.3 Å².